The van der Waals surface area contributed by atoms with Crippen LogP contribution in [0.3, 0.4) is 0 Å². The maximum atomic E-state index is 12.7. The highest BCUT2D eigenvalue weighted by atomic mass is 35.5. The van der Waals surface area contributed by atoms with Crippen molar-refractivity contribution in [1.82, 2.24) is 9.91 Å². The van der Waals surface area contributed by atoms with Crippen molar-refractivity contribution in [2.24, 2.45) is 5.10 Å². The van der Waals surface area contributed by atoms with Crippen LogP contribution in [0.15, 0.2) is 52.2 Å². The standard InChI is InChI=1S/C19H22ClN3O2S/c1-22(2)9-11-26-13-19(24)23-17(18-4-3-10-25-18)12-16(21-23)14-5-7-15(20)8-6-14/h3-8,10,17H,9,11-13H2,1-2H3. The number of nitrogens with zero attached hydrogens (tertiary/aromatic N) is 3. The van der Waals surface area contributed by atoms with E-state index in [-0.39, 0.29) is 11.9 Å². The summed E-state index contributed by atoms with van der Waals surface area (Å²) in [6, 6.07) is 11.1. The minimum Gasteiger partial charge on any atom is -0.467 e. The van der Waals surface area contributed by atoms with Crippen molar-refractivity contribution in [3.63, 3.8) is 0 Å². The van der Waals surface area contributed by atoms with E-state index in [9.17, 15) is 4.79 Å². The second-order valence-electron chi connectivity index (χ2n) is 6.38. The summed E-state index contributed by atoms with van der Waals surface area (Å²) in [6.07, 6.45) is 2.26. The lowest BCUT2D eigenvalue weighted by molar-refractivity contribution is -0.130. The number of halogens is 1. The second-order valence-corrected chi connectivity index (χ2v) is 7.92. The van der Waals surface area contributed by atoms with E-state index in [0.29, 0.717) is 17.2 Å². The molecule has 3 rings (SSSR count). The van der Waals surface area contributed by atoms with Gasteiger partial charge in [0.05, 0.1) is 17.7 Å². The van der Waals surface area contributed by atoms with Crippen molar-refractivity contribution in [3.8, 4) is 0 Å². The van der Waals surface area contributed by atoms with Crippen LogP contribution in [-0.2, 0) is 4.79 Å². The summed E-state index contributed by atoms with van der Waals surface area (Å²) >= 11 is 7.60. The monoisotopic (exact) mass is 391 g/mol. The SMILES string of the molecule is CN(C)CCSCC(=O)N1N=C(c2ccc(Cl)cc2)CC1c1ccco1. The number of hydrogen-bond acceptors (Lipinski definition) is 5. The molecule has 2 heterocycles. The van der Waals surface area contributed by atoms with Gasteiger partial charge in [-0.05, 0) is 43.9 Å². The molecule has 7 heteroatoms. The molecular weight excluding hydrogens is 370 g/mol. The maximum Gasteiger partial charge on any atom is 0.253 e. The van der Waals surface area contributed by atoms with Crippen LogP contribution < -0.4 is 0 Å². The molecule has 0 saturated carbocycles. The second kappa shape index (κ2) is 8.75. The van der Waals surface area contributed by atoms with Gasteiger partial charge in [-0.2, -0.15) is 16.9 Å². The number of carbonyl (C=O) groups is 1. The van der Waals surface area contributed by atoms with E-state index in [1.54, 1.807) is 23.0 Å². The summed E-state index contributed by atoms with van der Waals surface area (Å²) in [5.41, 5.74) is 1.84. The molecule has 2 aromatic rings. The lowest BCUT2D eigenvalue weighted by Crippen LogP contribution is -2.28. The first-order chi connectivity index (χ1) is 12.5. The number of benzene rings is 1. The van der Waals surface area contributed by atoms with Crippen LogP contribution in [0.2, 0.25) is 5.02 Å². The van der Waals surface area contributed by atoms with Gasteiger partial charge in [0.1, 0.15) is 11.8 Å². The van der Waals surface area contributed by atoms with Gasteiger partial charge in [-0.3, -0.25) is 4.79 Å². The van der Waals surface area contributed by atoms with Gasteiger partial charge in [-0.1, -0.05) is 23.7 Å². The first-order valence-corrected chi connectivity index (χ1v) is 9.99. The van der Waals surface area contributed by atoms with E-state index in [4.69, 9.17) is 16.0 Å². The van der Waals surface area contributed by atoms with E-state index in [1.165, 1.54) is 0 Å². The Kier molecular flexibility index (Phi) is 6.40. The number of hydrazone groups is 1. The fourth-order valence-corrected chi connectivity index (χ4v) is 3.80. The lowest BCUT2D eigenvalue weighted by atomic mass is 10.0. The molecule has 0 N–H and O–H groups in total. The predicted octanol–water partition coefficient (Wildman–Crippen LogP) is 3.91. The summed E-state index contributed by atoms with van der Waals surface area (Å²) in [5, 5.41) is 6.87. The Hall–Kier alpha value is -1.76. The largest absolute Gasteiger partial charge is 0.467 e. The van der Waals surface area contributed by atoms with E-state index >= 15 is 0 Å². The molecule has 1 amide bonds. The Balaban J connectivity index is 1.74. The first-order valence-electron chi connectivity index (χ1n) is 8.46. The molecule has 1 aliphatic rings. The summed E-state index contributed by atoms with van der Waals surface area (Å²) < 4.78 is 5.56. The normalized spacial score (nSPS) is 17.0. The molecule has 1 aromatic heterocycles. The van der Waals surface area contributed by atoms with Gasteiger partial charge in [0.15, 0.2) is 0 Å². The quantitative estimate of drug-likeness (QED) is 0.671. The van der Waals surface area contributed by atoms with Gasteiger partial charge in [-0.15, -0.1) is 0 Å². The van der Waals surface area contributed by atoms with Crippen LogP contribution >= 0.6 is 23.4 Å². The Labute approximate surface area is 163 Å². The van der Waals surface area contributed by atoms with Gasteiger partial charge < -0.3 is 9.32 Å². The van der Waals surface area contributed by atoms with E-state index in [1.807, 2.05) is 50.5 Å². The molecule has 0 bridgehead atoms. The van der Waals surface area contributed by atoms with E-state index in [0.717, 1.165) is 29.3 Å². The van der Waals surface area contributed by atoms with Crippen LogP contribution in [0.1, 0.15) is 23.8 Å². The van der Waals surface area contributed by atoms with Gasteiger partial charge in [-0.25, -0.2) is 5.01 Å². The Morgan fingerprint density at radius 1 is 1.35 bits per heavy atom. The zero-order chi connectivity index (χ0) is 18.5. The summed E-state index contributed by atoms with van der Waals surface area (Å²) in [7, 11) is 4.05. The van der Waals surface area contributed by atoms with Gasteiger partial charge in [0.25, 0.3) is 5.91 Å². The van der Waals surface area contributed by atoms with Crippen LogP contribution in [0.4, 0.5) is 0 Å². The molecule has 1 unspecified atom stereocenters. The van der Waals surface area contributed by atoms with Gasteiger partial charge >= 0.3 is 0 Å². The van der Waals surface area contributed by atoms with Crippen molar-refractivity contribution in [2.45, 2.75) is 12.5 Å². The van der Waals surface area contributed by atoms with Crippen molar-refractivity contribution in [1.29, 1.82) is 0 Å². The smallest absolute Gasteiger partial charge is 0.253 e. The molecule has 138 valence electrons. The summed E-state index contributed by atoms with van der Waals surface area (Å²) in [5.74, 6) is 2.07. The molecule has 0 aliphatic carbocycles. The fraction of sp³-hybridized carbons (Fsp3) is 0.368. The average Bonchev–Trinajstić information content (AvgIpc) is 3.28. The molecule has 1 atom stereocenters. The highest BCUT2D eigenvalue weighted by Gasteiger charge is 2.34. The molecule has 5 nitrogen and oxygen atoms in total. The van der Waals surface area contributed by atoms with Crippen LogP contribution in [0.5, 0.6) is 0 Å². The number of hydrogen-bond donors (Lipinski definition) is 0. The number of amides is 1. The third kappa shape index (κ3) is 4.69. The molecule has 0 radical (unpaired) electrons. The minimum atomic E-state index is -0.197. The lowest BCUT2D eigenvalue weighted by Gasteiger charge is -2.19. The third-order valence-corrected chi connectivity index (χ3v) is 5.30. The molecule has 1 aromatic carbocycles. The predicted molar refractivity (Wildman–Crippen MR) is 107 cm³/mol. The van der Waals surface area contributed by atoms with Crippen LogP contribution in [-0.4, -0.2) is 53.7 Å². The highest BCUT2D eigenvalue weighted by molar-refractivity contribution is 7.99. The zero-order valence-corrected chi connectivity index (χ0v) is 16.5. The summed E-state index contributed by atoms with van der Waals surface area (Å²) in [4.78, 5) is 14.9. The first kappa shape index (κ1) is 19.0. The van der Waals surface area contributed by atoms with Crippen molar-refractivity contribution in [2.75, 3.05) is 32.1 Å². The molecule has 0 saturated heterocycles. The molecule has 0 spiro atoms. The molecule has 1 aliphatic heterocycles. The number of thioether (sulfide) groups is 1. The number of rotatable bonds is 7. The number of carbonyl (C=O) groups excluding carboxylic acids is 1. The van der Waals surface area contributed by atoms with Crippen LogP contribution in [0, 0.1) is 0 Å². The topological polar surface area (TPSA) is 49.1 Å². The number of furan rings is 1. The molecular formula is C19H22ClN3O2S. The molecule has 0 fully saturated rings. The van der Waals surface area contributed by atoms with Gasteiger partial charge in [0, 0.05) is 23.7 Å². The molecule has 26 heavy (non-hydrogen) atoms. The Bertz CT molecular complexity index is 760. The maximum absolute atomic E-state index is 12.7. The Morgan fingerprint density at radius 3 is 2.77 bits per heavy atom. The van der Waals surface area contributed by atoms with Gasteiger partial charge in [0.2, 0.25) is 0 Å². The minimum absolute atomic E-state index is 0.000815. The fourth-order valence-electron chi connectivity index (χ4n) is 2.73. The zero-order valence-electron chi connectivity index (χ0n) is 14.9. The highest BCUT2D eigenvalue weighted by Crippen LogP contribution is 2.33. The van der Waals surface area contributed by atoms with Crippen LogP contribution in [0.25, 0.3) is 0 Å². The van der Waals surface area contributed by atoms with E-state index in [2.05, 4.69) is 10.0 Å². The average molecular weight is 392 g/mol. The van der Waals surface area contributed by atoms with E-state index < -0.39 is 0 Å². The Morgan fingerprint density at radius 2 is 2.12 bits per heavy atom. The van der Waals surface area contributed by atoms with Crippen molar-refractivity contribution < 1.29 is 9.21 Å². The summed E-state index contributed by atoms with van der Waals surface area (Å²) in [6.45, 7) is 0.943. The van der Waals surface area contributed by atoms with Crippen molar-refractivity contribution in [3.05, 3.63) is 59.0 Å². The van der Waals surface area contributed by atoms with Crippen molar-refractivity contribution >= 4 is 35.0 Å². The third-order valence-electron chi connectivity index (χ3n) is 4.12.